The third-order valence-corrected chi connectivity index (χ3v) is 3.75. The fourth-order valence-electron chi connectivity index (χ4n) is 2.56. The van der Waals surface area contributed by atoms with Crippen molar-refractivity contribution in [3.63, 3.8) is 0 Å². The maximum absolute atomic E-state index is 11.9. The zero-order chi connectivity index (χ0) is 15.9. The summed E-state index contributed by atoms with van der Waals surface area (Å²) in [4.78, 5) is 25.0. The minimum absolute atomic E-state index is 0.125. The van der Waals surface area contributed by atoms with Gasteiger partial charge in [0.25, 0.3) is 0 Å². The number of methoxy groups -OCH3 is 2. The number of carbonyl (C=O) groups is 2. The molecule has 120 valence electrons. The Balaban J connectivity index is 1.96. The second-order valence-corrected chi connectivity index (χ2v) is 5.16. The lowest BCUT2D eigenvalue weighted by Crippen LogP contribution is -2.53. The molecule has 0 N–H and O–H groups in total. The van der Waals surface area contributed by atoms with Gasteiger partial charge in [0.05, 0.1) is 33.5 Å². The number of piperidine rings is 1. The van der Waals surface area contributed by atoms with Crippen molar-refractivity contribution in [1.82, 2.24) is 4.90 Å². The van der Waals surface area contributed by atoms with Crippen LogP contribution in [0.2, 0.25) is 0 Å². The van der Waals surface area contributed by atoms with E-state index in [9.17, 15) is 9.59 Å². The summed E-state index contributed by atoms with van der Waals surface area (Å²) in [6, 6.07) is 9.22. The van der Waals surface area contributed by atoms with Crippen LogP contribution < -0.4 is 0 Å². The maximum atomic E-state index is 11.9. The lowest BCUT2D eigenvalue weighted by molar-refractivity contribution is -0.149. The summed E-state index contributed by atoms with van der Waals surface area (Å²) in [6.07, 6.45) is 0.532. The van der Waals surface area contributed by atoms with Crippen molar-refractivity contribution in [2.24, 2.45) is 0 Å². The van der Waals surface area contributed by atoms with Gasteiger partial charge in [0.15, 0.2) is 0 Å². The molecule has 1 aliphatic rings. The number of amides is 1. The summed E-state index contributed by atoms with van der Waals surface area (Å²) < 4.78 is 15.4. The van der Waals surface area contributed by atoms with Crippen molar-refractivity contribution in [3.8, 4) is 0 Å². The highest BCUT2D eigenvalue weighted by Gasteiger charge is 2.37. The molecule has 0 unspecified atom stereocenters. The smallest absolute Gasteiger partial charge is 0.410 e. The van der Waals surface area contributed by atoms with E-state index in [2.05, 4.69) is 0 Å². The lowest BCUT2D eigenvalue weighted by Gasteiger charge is -2.36. The van der Waals surface area contributed by atoms with Crippen molar-refractivity contribution in [2.45, 2.75) is 31.6 Å². The first-order chi connectivity index (χ1) is 10.7. The van der Waals surface area contributed by atoms with Gasteiger partial charge in [-0.2, -0.15) is 0 Å². The molecule has 6 heteroatoms. The molecule has 0 bridgehead atoms. The number of hydrogen-bond donors (Lipinski definition) is 0. The summed E-state index contributed by atoms with van der Waals surface area (Å²) in [5, 5.41) is 0. The average Bonchev–Trinajstić information content (AvgIpc) is 2.59. The van der Waals surface area contributed by atoms with E-state index in [-0.39, 0.29) is 6.10 Å². The Morgan fingerprint density at radius 2 is 1.86 bits per heavy atom. The second kappa shape index (κ2) is 7.79. The van der Waals surface area contributed by atoms with E-state index in [0.717, 1.165) is 5.56 Å². The van der Waals surface area contributed by atoms with Crippen LogP contribution in [0.15, 0.2) is 30.3 Å². The molecule has 1 heterocycles. The zero-order valence-corrected chi connectivity index (χ0v) is 12.9. The van der Waals surface area contributed by atoms with Gasteiger partial charge in [0.1, 0.15) is 6.04 Å². The van der Waals surface area contributed by atoms with Crippen LogP contribution in [0.5, 0.6) is 0 Å². The molecule has 1 fully saturated rings. The van der Waals surface area contributed by atoms with Crippen LogP contribution in [0.3, 0.4) is 0 Å². The Morgan fingerprint density at radius 1 is 1.14 bits per heavy atom. The third kappa shape index (κ3) is 3.98. The SMILES string of the molecule is COC(=O)[C@@H]1CC[C@@H](OCc2ccccc2)CN1C(=O)OC. The summed E-state index contributed by atoms with van der Waals surface area (Å²) in [7, 11) is 2.61. The van der Waals surface area contributed by atoms with Gasteiger partial charge < -0.3 is 14.2 Å². The number of esters is 1. The molecule has 0 aliphatic carbocycles. The highest BCUT2D eigenvalue weighted by atomic mass is 16.6. The molecule has 1 amide bonds. The first kappa shape index (κ1) is 16.3. The van der Waals surface area contributed by atoms with Gasteiger partial charge in [-0.25, -0.2) is 9.59 Å². The van der Waals surface area contributed by atoms with Crippen molar-refractivity contribution in [1.29, 1.82) is 0 Å². The molecular formula is C16H21NO5. The molecule has 22 heavy (non-hydrogen) atoms. The molecule has 0 spiro atoms. The number of hydrogen-bond acceptors (Lipinski definition) is 5. The predicted molar refractivity (Wildman–Crippen MR) is 79.2 cm³/mol. The predicted octanol–water partition coefficient (Wildman–Crippen LogP) is 1.98. The fraction of sp³-hybridized carbons (Fsp3) is 0.500. The first-order valence-corrected chi connectivity index (χ1v) is 7.23. The van der Waals surface area contributed by atoms with E-state index < -0.39 is 18.1 Å². The Kier molecular flexibility index (Phi) is 5.77. The van der Waals surface area contributed by atoms with Crippen molar-refractivity contribution in [2.75, 3.05) is 20.8 Å². The van der Waals surface area contributed by atoms with E-state index in [4.69, 9.17) is 14.2 Å². The monoisotopic (exact) mass is 307 g/mol. The van der Waals surface area contributed by atoms with E-state index in [0.29, 0.717) is 26.0 Å². The fourth-order valence-corrected chi connectivity index (χ4v) is 2.56. The lowest BCUT2D eigenvalue weighted by atomic mass is 10.0. The van der Waals surface area contributed by atoms with E-state index >= 15 is 0 Å². The molecule has 2 atom stereocenters. The number of ether oxygens (including phenoxy) is 3. The molecule has 1 aliphatic heterocycles. The standard InChI is InChI=1S/C16H21NO5/c1-20-15(18)14-9-8-13(10-17(14)16(19)21-2)22-11-12-6-4-3-5-7-12/h3-7,13-14H,8-11H2,1-2H3/t13-,14+/m1/s1. The van der Waals surface area contributed by atoms with E-state index in [1.807, 2.05) is 30.3 Å². The Hall–Kier alpha value is -2.08. The third-order valence-electron chi connectivity index (χ3n) is 3.75. The summed E-state index contributed by atoms with van der Waals surface area (Å²) in [6.45, 7) is 0.794. The van der Waals surface area contributed by atoms with E-state index in [1.54, 1.807) is 0 Å². The van der Waals surface area contributed by atoms with Crippen molar-refractivity contribution in [3.05, 3.63) is 35.9 Å². The van der Waals surface area contributed by atoms with Gasteiger partial charge in [-0.3, -0.25) is 4.90 Å². The van der Waals surface area contributed by atoms with Gasteiger partial charge in [-0.05, 0) is 18.4 Å². The minimum Gasteiger partial charge on any atom is -0.467 e. The van der Waals surface area contributed by atoms with Gasteiger partial charge in [-0.1, -0.05) is 30.3 Å². The minimum atomic E-state index is -0.603. The Bertz CT molecular complexity index is 505. The van der Waals surface area contributed by atoms with Crippen LogP contribution >= 0.6 is 0 Å². The Labute approximate surface area is 129 Å². The van der Waals surface area contributed by atoms with Gasteiger partial charge in [0.2, 0.25) is 0 Å². The van der Waals surface area contributed by atoms with Crippen LogP contribution in [0.25, 0.3) is 0 Å². The molecule has 1 aromatic rings. The van der Waals surface area contributed by atoms with Crippen LogP contribution in [0.4, 0.5) is 4.79 Å². The van der Waals surface area contributed by atoms with Gasteiger partial charge in [-0.15, -0.1) is 0 Å². The topological polar surface area (TPSA) is 65.1 Å². The summed E-state index contributed by atoms with van der Waals surface area (Å²) in [5.41, 5.74) is 1.07. The number of carbonyl (C=O) groups excluding carboxylic acids is 2. The second-order valence-electron chi connectivity index (χ2n) is 5.16. The number of nitrogens with zero attached hydrogens (tertiary/aromatic N) is 1. The number of benzene rings is 1. The van der Waals surface area contributed by atoms with Gasteiger partial charge >= 0.3 is 12.1 Å². The Morgan fingerprint density at radius 3 is 2.50 bits per heavy atom. The highest BCUT2D eigenvalue weighted by molar-refractivity contribution is 5.81. The molecular weight excluding hydrogens is 286 g/mol. The zero-order valence-electron chi connectivity index (χ0n) is 12.9. The van der Waals surface area contributed by atoms with Crippen LogP contribution in [0, 0.1) is 0 Å². The average molecular weight is 307 g/mol. The van der Waals surface area contributed by atoms with Crippen molar-refractivity contribution < 1.29 is 23.8 Å². The number of rotatable bonds is 4. The molecule has 2 rings (SSSR count). The normalized spacial score (nSPS) is 21.3. The quantitative estimate of drug-likeness (QED) is 0.796. The maximum Gasteiger partial charge on any atom is 0.410 e. The first-order valence-electron chi connectivity index (χ1n) is 7.23. The number of likely N-dealkylation sites (tertiary alicyclic amines) is 1. The molecule has 1 saturated heterocycles. The van der Waals surface area contributed by atoms with Crippen molar-refractivity contribution >= 4 is 12.1 Å². The summed E-state index contributed by atoms with van der Waals surface area (Å²) in [5.74, 6) is -0.424. The van der Waals surface area contributed by atoms with Gasteiger partial charge in [0, 0.05) is 0 Å². The van der Waals surface area contributed by atoms with Crippen LogP contribution in [-0.2, 0) is 25.6 Å². The van der Waals surface area contributed by atoms with Crippen LogP contribution in [0.1, 0.15) is 18.4 Å². The molecule has 0 aromatic heterocycles. The molecule has 0 saturated carbocycles. The van der Waals surface area contributed by atoms with Crippen LogP contribution in [-0.4, -0.2) is 49.9 Å². The molecule has 0 radical (unpaired) electrons. The largest absolute Gasteiger partial charge is 0.467 e. The summed E-state index contributed by atoms with van der Waals surface area (Å²) >= 11 is 0. The van der Waals surface area contributed by atoms with E-state index in [1.165, 1.54) is 19.1 Å². The molecule has 6 nitrogen and oxygen atoms in total. The highest BCUT2D eigenvalue weighted by Crippen LogP contribution is 2.22. The molecule has 1 aromatic carbocycles.